The van der Waals surface area contributed by atoms with Gasteiger partial charge in [0.05, 0.1) is 11.1 Å². The minimum Gasteiger partial charge on any atom is -0.507 e. The summed E-state index contributed by atoms with van der Waals surface area (Å²) < 4.78 is 10.7. The van der Waals surface area contributed by atoms with Crippen LogP contribution < -0.4 is 9.64 Å². The van der Waals surface area contributed by atoms with Gasteiger partial charge in [0.25, 0.3) is 0 Å². The minimum absolute atomic E-state index is 0.0553. The van der Waals surface area contributed by atoms with E-state index in [-0.39, 0.29) is 30.3 Å². The number of hydrogen-bond acceptors (Lipinski definition) is 6. The van der Waals surface area contributed by atoms with Crippen LogP contribution in [-0.4, -0.2) is 44.2 Å². The van der Waals surface area contributed by atoms with E-state index in [1.165, 1.54) is 12.1 Å². The average Bonchev–Trinajstić information content (AvgIpc) is 2.77. The second kappa shape index (κ2) is 9.60. The van der Waals surface area contributed by atoms with Gasteiger partial charge in [0.2, 0.25) is 0 Å². The molecule has 3 aromatic rings. The van der Waals surface area contributed by atoms with Crippen molar-refractivity contribution in [3.8, 4) is 11.5 Å². The maximum Gasteiger partial charge on any atom is 0.338 e. The highest BCUT2D eigenvalue weighted by molar-refractivity contribution is 6.10. The molecule has 0 saturated carbocycles. The molecule has 0 amide bonds. The van der Waals surface area contributed by atoms with E-state index in [9.17, 15) is 14.7 Å². The van der Waals surface area contributed by atoms with Gasteiger partial charge in [-0.25, -0.2) is 4.79 Å². The number of esters is 1. The van der Waals surface area contributed by atoms with E-state index in [1.807, 2.05) is 37.2 Å². The van der Waals surface area contributed by atoms with E-state index < -0.39 is 5.97 Å². The summed E-state index contributed by atoms with van der Waals surface area (Å²) in [6.07, 6.45) is 0. The van der Waals surface area contributed by atoms with Crippen molar-refractivity contribution in [2.75, 3.05) is 32.2 Å². The number of ketones is 1. The van der Waals surface area contributed by atoms with Crippen molar-refractivity contribution in [2.45, 2.75) is 0 Å². The minimum atomic E-state index is -0.435. The molecular formula is C24H23NO5. The number of ether oxygens (including phenoxy) is 2. The second-order valence-corrected chi connectivity index (χ2v) is 6.80. The smallest absolute Gasteiger partial charge is 0.338 e. The van der Waals surface area contributed by atoms with Gasteiger partial charge >= 0.3 is 5.97 Å². The van der Waals surface area contributed by atoms with Crippen molar-refractivity contribution in [3.05, 3.63) is 89.5 Å². The summed E-state index contributed by atoms with van der Waals surface area (Å²) in [4.78, 5) is 26.5. The van der Waals surface area contributed by atoms with Gasteiger partial charge in [-0.05, 0) is 36.4 Å². The molecule has 154 valence electrons. The zero-order valence-corrected chi connectivity index (χ0v) is 16.9. The van der Waals surface area contributed by atoms with Crippen LogP contribution in [0.2, 0.25) is 0 Å². The normalized spacial score (nSPS) is 10.3. The Bertz CT molecular complexity index is 1010. The standard InChI is InChI=1S/C24H23NO5/c1-25(2)19-10-8-18(9-11-19)24(28)30-15-14-29-20-12-13-21(22(26)16-20)23(27)17-6-4-3-5-7-17/h3-13,16,26H,14-15H2,1-2H3. The first-order chi connectivity index (χ1) is 14.5. The largest absolute Gasteiger partial charge is 0.507 e. The van der Waals surface area contributed by atoms with Gasteiger partial charge in [0.1, 0.15) is 24.7 Å². The maximum absolute atomic E-state index is 12.4. The molecular weight excluding hydrogens is 382 g/mol. The van der Waals surface area contributed by atoms with Crippen molar-refractivity contribution in [1.29, 1.82) is 0 Å². The van der Waals surface area contributed by atoms with E-state index in [1.54, 1.807) is 42.5 Å². The van der Waals surface area contributed by atoms with Gasteiger partial charge in [-0.3, -0.25) is 4.79 Å². The molecule has 0 aliphatic rings. The quantitative estimate of drug-likeness (QED) is 0.348. The highest BCUT2D eigenvalue weighted by Gasteiger charge is 2.14. The fourth-order valence-electron chi connectivity index (χ4n) is 2.81. The average molecular weight is 405 g/mol. The molecule has 3 rings (SSSR count). The molecule has 0 aliphatic heterocycles. The summed E-state index contributed by atoms with van der Waals surface area (Å²) >= 11 is 0. The Morgan fingerprint density at radius 1 is 0.867 bits per heavy atom. The Morgan fingerprint density at radius 3 is 2.20 bits per heavy atom. The van der Waals surface area contributed by atoms with Crippen LogP contribution in [0.1, 0.15) is 26.3 Å². The van der Waals surface area contributed by atoms with Crippen LogP contribution >= 0.6 is 0 Å². The molecule has 0 heterocycles. The Morgan fingerprint density at radius 2 is 1.57 bits per heavy atom. The zero-order valence-electron chi connectivity index (χ0n) is 16.9. The number of hydrogen-bond donors (Lipinski definition) is 1. The fraction of sp³-hybridized carbons (Fsp3) is 0.167. The molecule has 6 heteroatoms. The number of phenolic OH excluding ortho intramolecular Hbond substituents is 1. The predicted molar refractivity (Wildman–Crippen MR) is 115 cm³/mol. The topological polar surface area (TPSA) is 76.1 Å². The van der Waals surface area contributed by atoms with E-state index in [4.69, 9.17) is 9.47 Å². The van der Waals surface area contributed by atoms with Crippen LogP contribution in [0.25, 0.3) is 0 Å². The van der Waals surface area contributed by atoms with Crippen molar-refractivity contribution in [1.82, 2.24) is 0 Å². The molecule has 0 aliphatic carbocycles. The third-order valence-electron chi connectivity index (χ3n) is 4.45. The summed E-state index contributed by atoms with van der Waals surface area (Å²) in [5, 5.41) is 10.2. The lowest BCUT2D eigenvalue weighted by Crippen LogP contribution is -2.13. The third kappa shape index (κ3) is 5.17. The molecule has 0 spiro atoms. The number of rotatable bonds is 8. The van der Waals surface area contributed by atoms with E-state index >= 15 is 0 Å². The van der Waals surface area contributed by atoms with Crippen LogP contribution in [0.15, 0.2) is 72.8 Å². The first-order valence-electron chi connectivity index (χ1n) is 9.46. The molecule has 1 N–H and O–H groups in total. The second-order valence-electron chi connectivity index (χ2n) is 6.80. The number of aromatic hydroxyl groups is 1. The summed E-state index contributed by atoms with van der Waals surface area (Å²) in [6, 6.07) is 20.3. The van der Waals surface area contributed by atoms with E-state index in [2.05, 4.69) is 0 Å². The number of phenols is 1. The molecule has 30 heavy (non-hydrogen) atoms. The van der Waals surface area contributed by atoms with Crippen molar-refractivity contribution < 1.29 is 24.2 Å². The molecule has 0 aromatic heterocycles. The molecule has 0 bridgehead atoms. The molecule has 0 unspecified atom stereocenters. The van der Waals surface area contributed by atoms with Crippen molar-refractivity contribution in [2.24, 2.45) is 0 Å². The van der Waals surface area contributed by atoms with Crippen molar-refractivity contribution >= 4 is 17.4 Å². The molecule has 3 aromatic carbocycles. The summed E-state index contributed by atoms with van der Waals surface area (Å²) in [5.74, 6) is -0.493. The van der Waals surface area contributed by atoms with Crippen LogP contribution in [0.5, 0.6) is 11.5 Å². The monoisotopic (exact) mass is 405 g/mol. The van der Waals surface area contributed by atoms with Gasteiger partial charge in [0, 0.05) is 31.4 Å². The molecule has 0 atom stereocenters. The Balaban J connectivity index is 1.51. The molecule has 6 nitrogen and oxygen atoms in total. The fourth-order valence-corrected chi connectivity index (χ4v) is 2.81. The first kappa shape index (κ1) is 20.9. The Kier molecular flexibility index (Phi) is 6.70. The van der Waals surface area contributed by atoms with Gasteiger partial charge in [-0.2, -0.15) is 0 Å². The van der Waals surface area contributed by atoms with Gasteiger partial charge in [-0.15, -0.1) is 0 Å². The highest BCUT2D eigenvalue weighted by Crippen LogP contribution is 2.26. The van der Waals surface area contributed by atoms with Gasteiger partial charge < -0.3 is 19.5 Å². The van der Waals surface area contributed by atoms with E-state index in [0.29, 0.717) is 16.9 Å². The number of benzene rings is 3. The lowest BCUT2D eigenvalue weighted by Gasteiger charge is -2.12. The Labute approximate surface area is 175 Å². The van der Waals surface area contributed by atoms with Crippen LogP contribution in [0.4, 0.5) is 5.69 Å². The number of carbonyl (C=O) groups excluding carboxylic acids is 2. The number of nitrogens with zero attached hydrogens (tertiary/aromatic N) is 1. The SMILES string of the molecule is CN(C)c1ccc(C(=O)OCCOc2ccc(C(=O)c3ccccc3)c(O)c2)cc1. The first-order valence-corrected chi connectivity index (χ1v) is 9.46. The summed E-state index contributed by atoms with van der Waals surface area (Å²) in [7, 11) is 3.85. The molecule has 0 fully saturated rings. The number of anilines is 1. The molecule has 0 saturated heterocycles. The Hall–Kier alpha value is -3.80. The lowest BCUT2D eigenvalue weighted by molar-refractivity contribution is 0.0450. The van der Waals surface area contributed by atoms with Crippen LogP contribution in [0.3, 0.4) is 0 Å². The maximum atomic E-state index is 12.4. The number of carbonyl (C=O) groups is 2. The van der Waals surface area contributed by atoms with Gasteiger partial charge in [-0.1, -0.05) is 30.3 Å². The van der Waals surface area contributed by atoms with Crippen LogP contribution in [0, 0.1) is 0 Å². The van der Waals surface area contributed by atoms with Gasteiger partial charge in [0.15, 0.2) is 5.78 Å². The van der Waals surface area contributed by atoms with Crippen LogP contribution in [-0.2, 0) is 4.74 Å². The third-order valence-corrected chi connectivity index (χ3v) is 4.45. The lowest BCUT2D eigenvalue weighted by atomic mass is 10.0. The zero-order chi connectivity index (χ0) is 21.5. The highest BCUT2D eigenvalue weighted by atomic mass is 16.6. The van der Waals surface area contributed by atoms with E-state index in [0.717, 1.165) is 5.69 Å². The summed E-state index contributed by atoms with van der Waals surface area (Å²) in [6.45, 7) is 0.173. The van der Waals surface area contributed by atoms with Crippen molar-refractivity contribution in [3.63, 3.8) is 0 Å². The molecule has 0 radical (unpaired) electrons. The predicted octanol–water partition coefficient (Wildman–Crippen LogP) is 3.93. The summed E-state index contributed by atoms with van der Waals surface area (Å²) in [5.41, 5.74) is 2.14.